The van der Waals surface area contributed by atoms with Crippen LogP contribution in [0, 0.1) is 0 Å². The van der Waals surface area contributed by atoms with Crippen molar-refractivity contribution >= 4 is 0 Å². The minimum atomic E-state index is -0.0438. The molecule has 0 fully saturated rings. The summed E-state index contributed by atoms with van der Waals surface area (Å²) in [6, 6.07) is 47.8. The summed E-state index contributed by atoms with van der Waals surface area (Å²) in [5.74, 6) is 2.16. The van der Waals surface area contributed by atoms with Crippen molar-refractivity contribution in [3.05, 3.63) is 161 Å². The van der Waals surface area contributed by atoms with Gasteiger partial charge in [0.2, 0.25) is 0 Å². The van der Waals surface area contributed by atoms with Crippen LogP contribution in [0.5, 0.6) is 0 Å². The molecule has 3 aliphatic rings. The first kappa shape index (κ1) is 35.7. The Morgan fingerprint density at radius 1 is 0.298 bits per heavy atom. The predicted octanol–water partition coefficient (Wildman–Crippen LogP) is 14.1. The Morgan fingerprint density at radius 3 is 0.807 bits per heavy atom. The number of nitrogens with zero attached hydrogens (tertiary/aromatic N) is 3. The third-order valence-corrected chi connectivity index (χ3v) is 14.8. The molecule has 0 aliphatic heterocycles. The molecule has 0 spiro atoms. The van der Waals surface area contributed by atoms with Crippen molar-refractivity contribution in [2.24, 2.45) is 0 Å². The highest BCUT2D eigenvalue weighted by atomic mass is 15.0. The van der Waals surface area contributed by atoms with Crippen molar-refractivity contribution in [3.8, 4) is 67.5 Å². The molecule has 6 aromatic carbocycles. The Balaban J connectivity index is 1.18. The number of hydrogen-bond donors (Lipinski definition) is 0. The predicted molar refractivity (Wildman–Crippen MR) is 237 cm³/mol. The summed E-state index contributed by atoms with van der Waals surface area (Å²) in [7, 11) is 0. The molecule has 1 heterocycles. The van der Waals surface area contributed by atoms with E-state index in [1.807, 2.05) is 0 Å². The van der Waals surface area contributed by atoms with Gasteiger partial charge in [-0.3, -0.25) is 0 Å². The molecule has 0 saturated heterocycles. The van der Waals surface area contributed by atoms with Gasteiger partial charge in [0, 0.05) is 32.9 Å². The van der Waals surface area contributed by atoms with Crippen molar-refractivity contribution in [3.63, 3.8) is 0 Å². The molecule has 3 nitrogen and oxygen atoms in total. The van der Waals surface area contributed by atoms with Crippen LogP contribution in [0.2, 0.25) is 0 Å². The van der Waals surface area contributed by atoms with E-state index in [4.69, 9.17) is 15.0 Å². The van der Waals surface area contributed by atoms with Crippen molar-refractivity contribution in [2.75, 3.05) is 0 Å². The first-order valence-corrected chi connectivity index (χ1v) is 21.4. The van der Waals surface area contributed by atoms with Gasteiger partial charge >= 0.3 is 0 Å². The maximum atomic E-state index is 5.39. The Labute approximate surface area is 338 Å². The minimum absolute atomic E-state index is 0.0438. The minimum Gasteiger partial charge on any atom is -0.208 e. The molecule has 1 aromatic heterocycles. The monoisotopic (exact) mass is 741 g/mol. The van der Waals surface area contributed by atoms with Crippen LogP contribution in [0.15, 0.2) is 127 Å². The number of hydrogen-bond acceptors (Lipinski definition) is 3. The molecular formula is C54H51N3. The average Bonchev–Trinajstić information content (AvgIpc) is 3.85. The summed E-state index contributed by atoms with van der Waals surface area (Å²) >= 11 is 0. The van der Waals surface area contributed by atoms with E-state index in [1.165, 1.54) is 66.8 Å². The molecule has 0 radical (unpaired) electrons. The summed E-state index contributed by atoms with van der Waals surface area (Å²) < 4.78 is 0. The molecule has 0 amide bonds. The number of rotatable bonds is 9. The highest BCUT2D eigenvalue weighted by molar-refractivity contribution is 5.86. The lowest BCUT2D eigenvalue weighted by Crippen LogP contribution is -2.23. The molecule has 0 bridgehead atoms. The van der Waals surface area contributed by atoms with Crippen LogP contribution in [0.25, 0.3) is 67.5 Å². The number of aromatic nitrogens is 3. The van der Waals surface area contributed by atoms with E-state index in [1.54, 1.807) is 0 Å². The molecule has 0 saturated carbocycles. The first-order valence-electron chi connectivity index (χ1n) is 21.4. The van der Waals surface area contributed by atoms with Crippen molar-refractivity contribution in [1.29, 1.82) is 0 Å². The van der Waals surface area contributed by atoms with Crippen LogP contribution >= 0.6 is 0 Å². The third kappa shape index (κ3) is 4.81. The van der Waals surface area contributed by atoms with E-state index < -0.39 is 0 Å². The fraction of sp³-hybridized carbons (Fsp3) is 0.278. The van der Waals surface area contributed by atoms with E-state index in [2.05, 4.69) is 169 Å². The zero-order valence-electron chi connectivity index (χ0n) is 34.2. The molecule has 7 aromatic rings. The van der Waals surface area contributed by atoms with Crippen LogP contribution in [0.3, 0.4) is 0 Å². The fourth-order valence-electron chi connectivity index (χ4n) is 11.6. The van der Waals surface area contributed by atoms with Crippen LogP contribution in [0.4, 0.5) is 0 Å². The standard InChI is InChI=1S/C54H51N3/c1-7-52(8-2)43-22-16-13-19-37(43)40-28-25-34(31-46(40)52)49-55-50(35-26-29-41-38-20-14-17-23-44(38)53(9-3,10-4)47(41)32-35)57-51(56-49)36-27-30-42-39-21-15-18-24-45(39)54(11-5,12-6)48(42)33-36/h13-33H,7-12H2,1-6H3. The first-order chi connectivity index (χ1) is 27.9. The Hall–Kier alpha value is -5.67. The van der Waals surface area contributed by atoms with Gasteiger partial charge in [0.25, 0.3) is 0 Å². The summed E-state index contributed by atoms with van der Waals surface area (Å²) in [5.41, 5.74) is 19.5. The van der Waals surface area contributed by atoms with Crippen LogP contribution < -0.4 is 0 Å². The Kier molecular flexibility index (Phi) is 8.27. The van der Waals surface area contributed by atoms with Gasteiger partial charge in [-0.1, -0.05) is 151 Å². The Morgan fingerprint density at radius 2 is 0.544 bits per heavy atom. The zero-order valence-corrected chi connectivity index (χ0v) is 34.2. The van der Waals surface area contributed by atoms with E-state index in [9.17, 15) is 0 Å². The van der Waals surface area contributed by atoms with Crippen LogP contribution in [-0.4, -0.2) is 15.0 Å². The highest BCUT2D eigenvalue weighted by Crippen LogP contribution is 2.56. The van der Waals surface area contributed by atoms with Gasteiger partial charge in [0.1, 0.15) is 0 Å². The maximum absolute atomic E-state index is 5.39. The summed E-state index contributed by atoms with van der Waals surface area (Å²) in [5, 5.41) is 0. The lowest BCUT2D eigenvalue weighted by atomic mass is 9.73. The molecule has 57 heavy (non-hydrogen) atoms. The fourth-order valence-corrected chi connectivity index (χ4v) is 11.6. The SMILES string of the molecule is CCC1(CC)c2ccccc2-c2ccc(-c3nc(-c4ccc5c(c4)C(CC)(CC)c4ccccc4-5)nc(-c4ccc5c(c4)C(CC)(CC)c4ccccc4-5)n3)cc21. The Bertz CT molecular complexity index is 2410. The lowest BCUT2D eigenvalue weighted by molar-refractivity contribution is 0.490. The van der Waals surface area contributed by atoms with Crippen molar-refractivity contribution in [1.82, 2.24) is 15.0 Å². The van der Waals surface area contributed by atoms with Gasteiger partial charge < -0.3 is 0 Å². The molecule has 3 heteroatoms. The smallest absolute Gasteiger partial charge is 0.164 e. The second-order valence-corrected chi connectivity index (χ2v) is 16.6. The molecule has 10 rings (SSSR count). The van der Waals surface area contributed by atoms with Gasteiger partial charge in [-0.25, -0.2) is 15.0 Å². The highest BCUT2D eigenvalue weighted by Gasteiger charge is 2.43. The second kappa shape index (κ2) is 13.2. The molecule has 282 valence electrons. The zero-order chi connectivity index (χ0) is 39.1. The van der Waals surface area contributed by atoms with Gasteiger partial charge in [-0.2, -0.15) is 0 Å². The normalized spacial score (nSPS) is 15.7. The maximum Gasteiger partial charge on any atom is 0.164 e. The van der Waals surface area contributed by atoms with E-state index in [0.29, 0.717) is 0 Å². The van der Waals surface area contributed by atoms with E-state index >= 15 is 0 Å². The van der Waals surface area contributed by atoms with Crippen LogP contribution in [0.1, 0.15) is 113 Å². The number of fused-ring (bicyclic) bond motifs is 9. The molecule has 0 atom stereocenters. The van der Waals surface area contributed by atoms with Crippen molar-refractivity contribution < 1.29 is 0 Å². The van der Waals surface area contributed by atoms with E-state index in [-0.39, 0.29) is 16.2 Å². The second-order valence-electron chi connectivity index (χ2n) is 16.6. The van der Waals surface area contributed by atoms with E-state index in [0.717, 1.165) is 72.7 Å². The number of benzene rings is 6. The van der Waals surface area contributed by atoms with Crippen molar-refractivity contribution in [2.45, 2.75) is 96.3 Å². The molecule has 3 aliphatic carbocycles. The summed E-state index contributed by atoms with van der Waals surface area (Å²) in [6.07, 6.45) is 6.21. The topological polar surface area (TPSA) is 38.7 Å². The molecule has 0 N–H and O–H groups in total. The van der Waals surface area contributed by atoms with Gasteiger partial charge in [-0.15, -0.1) is 0 Å². The summed E-state index contributed by atoms with van der Waals surface area (Å²) in [4.78, 5) is 16.2. The lowest BCUT2D eigenvalue weighted by Gasteiger charge is -2.30. The quantitative estimate of drug-likeness (QED) is 0.148. The van der Waals surface area contributed by atoms with Gasteiger partial charge in [0.15, 0.2) is 17.5 Å². The molecular weight excluding hydrogens is 691 g/mol. The average molecular weight is 742 g/mol. The van der Waals surface area contributed by atoms with Gasteiger partial charge in [0.05, 0.1) is 0 Å². The largest absolute Gasteiger partial charge is 0.208 e. The van der Waals surface area contributed by atoms with Gasteiger partial charge in [-0.05, 0) is 123 Å². The van der Waals surface area contributed by atoms with Crippen LogP contribution in [-0.2, 0) is 16.2 Å². The third-order valence-electron chi connectivity index (χ3n) is 14.8. The summed E-state index contributed by atoms with van der Waals surface area (Å²) in [6.45, 7) is 14.0. The molecule has 0 unspecified atom stereocenters.